The zero-order chi connectivity index (χ0) is 17.8. The van der Waals surface area contributed by atoms with Gasteiger partial charge in [-0.3, -0.25) is 4.79 Å². The van der Waals surface area contributed by atoms with E-state index in [0.717, 1.165) is 10.8 Å². The first-order chi connectivity index (χ1) is 12.1. The lowest BCUT2D eigenvalue weighted by Crippen LogP contribution is -2.30. The van der Waals surface area contributed by atoms with Crippen molar-refractivity contribution in [3.05, 3.63) is 76.8 Å². The number of carbonyl (C=O) groups excluding carboxylic acids is 2. The molecule has 0 fully saturated rings. The van der Waals surface area contributed by atoms with Crippen LogP contribution in [0.1, 0.15) is 17.3 Å². The Labute approximate surface area is 153 Å². The van der Waals surface area contributed by atoms with Crippen LogP contribution in [-0.4, -0.2) is 18.0 Å². The number of fused-ring (bicyclic) bond motifs is 1. The van der Waals surface area contributed by atoms with Crippen LogP contribution in [0.2, 0.25) is 0 Å². The number of esters is 1. The van der Waals surface area contributed by atoms with Crippen LogP contribution in [0.3, 0.4) is 0 Å². The molecule has 0 aliphatic carbocycles. The lowest BCUT2D eigenvalue weighted by Gasteiger charge is -2.15. The molecule has 126 valence electrons. The van der Waals surface area contributed by atoms with E-state index < -0.39 is 12.1 Å². The van der Waals surface area contributed by atoms with E-state index in [-0.39, 0.29) is 5.91 Å². The van der Waals surface area contributed by atoms with Crippen LogP contribution < -0.4 is 5.32 Å². The predicted octanol–water partition coefficient (Wildman–Crippen LogP) is 4.79. The summed E-state index contributed by atoms with van der Waals surface area (Å²) in [6.07, 6.45) is -0.918. The molecule has 0 unspecified atom stereocenters. The van der Waals surface area contributed by atoms with E-state index in [1.807, 2.05) is 42.5 Å². The fraction of sp³-hybridized carbons (Fsp3) is 0.100. The second kappa shape index (κ2) is 7.49. The molecule has 3 aromatic carbocycles. The van der Waals surface area contributed by atoms with Crippen molar-refractivity contribution >= 4 is 44.3 Å². The van der Waals surface area contributed by atoms with Gasteiger partial charge in [0.2, 0.25) is 0 Å². The van der Waals surface area contributed by atoms with Crippen molar-refractivity contribution in [2.24, 2.45) is 0 Å². The Morgan fingerprint density at radius 1 is 0.960 bits per heavy atom. The van der Waals surface area contributed by atoms with Gasteiger partial charge in [0.25, 0.3) is 5.91 Å². The summed E-state index contributed by atoms with van der Waals surface area (Å²) in [6.45, 7) is 1.55. The van der Waals surface area contributed by atoms with Crippen LogP contribution in [-0.2, 0) is 9.53 Å². The van der Waals surface area contributed by atoms with Gasteiger partial charge in [0.05, 0.1) is 5.56 Å². The number of ether oxygens (including phenoxy) is 1. The first-order valence-electron chi connectivity index (χ1n) is 7.80. The average molecular weight is 398 g/mol. The summed E-state index contributed by atoms with van der Waals surface area (Å²) in [4.78, 5) is 24.6. The van der Waals surface area contributed by atoms with Crippen LogP contribution in [0.4, 0.5) is 5.69 Å². The van der Waals surface area contributed by atoms with Crippen molar-refractivity contribution < 1.29 is 14.3 Å². The van der Waals surface area contributed by atoms with Crippen LogP contribution in [0.5, 0.6) is 0 Å². The lowest BCUT2D eigenvalue weighted by molar-refractivity contribution is -0.123. The molecular formula is C20H16BrNO3. The number of nitrogens with one attached hydrogen (secondary N) is 1. The van der Waals surface area contributed by atoms with Gasteiger partial charge in [0.1, 0.15) is 0 Å². The van der Waals surface area contributed by atoms with Gasteiger partial charge in [-0.15, -0.1) is 0 Å². The standard InChI is InChI=1S/C20H16BrNO3/c1-13(25-20(24)16-10-4-5-11-17(16)21)19(23)22-18-12-6-8-14-7-2-3-9-15(14)18/h2-13H,1H3,(H,22,23)/t13-/m0/s1. The molecule has 1 atom stereocenters. The molecule has 0 aliphatic heterocycles. The first kappa shape index (κ1) is 17.2. The third kappa shape index (κ3) is 3.88. The van der Waals surface area contributed by atoms with Crippen molar-refractivity contribution in [2.75, 3.05) is 5.32 Å². The molecule has 0 aliphatic rings. The van der Waals surface area contributed by atoms with Gasteiger partial charge in [-0.2, -0.15) is 0 Å². The van der Waals surface area contributed by atoms with Crippen molar-refractivity contribution in [2.45, 2.75) is 13.0 Å². The molecule has 0 aromatic heterocycles. The highest BCUT2D eigenvalue weighted by atomic mass is 79.9. The summed E-state index contributed by atoms with van der Waals surface area (Å²) in [7, 11) is 0. The van der Waals surface area contributed by atoms with Crippen LogP contribution in [0.25, 0.3) is 10.8 Å². The molecule has 0 radical (unpaired) electrons. The number of rotatable bonds is 4. The van der Waals surface area contributed by atoms with Crippen molar-refractivity contribution in [1.82, 2.24) is 0 Å². The third-order valence-electron chi connectivity index (χ3n) is 3.79. The molecule has 4 nitrogen and oxygen atoms in total. The van der Waals surface area contributed by atoms with Crippen LogP contribution in [0.15, 0.2) is 71.2 Å². The summed E-state index contributed by atoms with van der Waals surface area (Å²) in [5.74, 6) is -0.926. The minimum Gasteiger partial charge on any atom is -0.449 e. The van der Waals surface area contributed by atoms with Gasteiger partial charge in [0.15, 0.2) is 6.10 Å². The average Bonchev–Trinajstić information content (AvgIpc) is 2.62. The molecule has 3 aromatic rings. The molecule has 5 heteroatoms. The summed E-state index contributed by atoms with van der Waals surface area (Å²) < 4.78 is 5.91. The maximum absolute atomic E-state index is 12.4. The fourth-order valence-corrected chi connectivity index (χ4v) is 2.92. The van der Waals surface area contributed by atoms with Gasteiger partial charge in [-0.25, -0.2) is 4.79 Å². The van der Waals surface area contributed by atoms with Gasteiger partial charge in [-0.05, 0) is 46.4 Å². The lowest BCUT2D eigenvalue weighted by atomic mass is 10.1. The summed E-state index contributed by atoms with van der Waals surface area (Å²) in [5, 5.41) is 4.79. The van der Waals surface area contributed by atoms with Crippen molar-refractivity contribution in [3.8, 4) is 0 Å². The molecule has 25 heavy (non-hydrogen) atoms. The SMILES string of the molecule is C[C@H](OC(=O)c1ccccc1Br)C(=O)Nc1cccc2ccccc12. The Hall–Kier alpha value is -2.66. The van der Waals surface area contributed by atoms with E-state index in [9.17, 15) is 9.59 Å². The molecular weight excluding hydrogens is 382 g/mol. The fourth-order valence-electron chi connectivity index (χ4n) is 2.47. The second-order valence-corrected chi connectivity index (χ2v) is 6.40. The van der Waals surface area contributed by atoms with E-state index in [0.29, 0.717) is 15.7 Å². The summed E-state index contributed by atoms with van der Waals surface area (Å²) in [5.41, 5.74) is 1.07. The maximum Gasteiger partial charge on any atom is 0.340 e. The first-order valence-corrected chi connectivity index (χ1v) is 8.59. The molecule has 0 heterocycles. The summed E-state index contributed by atoms with van der Waals surface area (Å²) >= 11 is 3.30. The molecule has 0 spiro atoms. The maximum atomic E-state index is 12.4. The molecule has 1 amide bonds. The van der Waals surface area contributed by atoms with E-state index >= 15 is 0 Å². The minimum atomic E-state index is -0.918. The van der Waals surface area contributed by atoms with Crippen LogP contribution in [0, 0.1) is 0 Å². The van der Waals surface area contributed by atoms with Gasteiger partial charge in [0, 0.05) is 15.5 Å². The predicted molar refractivity (Wildman–Crippen MR) is 102 cm³/mol. The zero-order valence-corrected chi connectivity index (χ0v) is 15.1. The number of anilines is 1. The van der Waals surface area contributed by atoms with Gasteiger partial charge < -0.3 is 10.1 Å². The highest BCUT2D eigenvalue weighted by Crippen LogP contribution is 2.23. The van der Waals surface area contributed by atoms with Gasteiger partial charge in [-0.1, -0.05) is 48.5 Å². The number of benzene rings is 3. The number of hydrogen-bond donors (Lipinski definition) is 1. The number of amides is 1. The quantitative estimate of drug-likeness (QED) is 0.644. The Bertz CT molecular complexity index is 934. The monoisotopic (exact) mass is 397 g/mol. The zero-order valence-electron chi connectivity index (χ0n) is 13.5. The highest BCUT2D eigenvalue weighted by molar-refractivity contribution is 9.10. The van der Waals surface area contributed by atoms with Gasteiger partial charge >= 0.3 is 5.97 Å². The molecule has 3 rings (SSSR count). The third-order valence-corrected chi connectivity index (χ3v) is 4.49. The Morgan fingerprint density at radius 2 is 1.64 bits per heavy atom. The van der Waals surface area contributed by atoms with E-state index in [1.165, 1.54) is 0 Å². The molecule has 0 saturated carbocycles. The van der Waals surface area contributed by atoms with Crippen molar-refractivity contribution in [1.29, 1.82) is 0 Å². The van der Waals surface area contributed by atoms with Crippen molar-refractivity contribution in [3.63, 3.8) is 0 Å². The normalized spacial score (nSPS) is 11.8. The second-order valence-electron chi connectivity index (χ2n) is 5.54. The molecule has 0 saturated heterocycles. The van der Waals surface area contributed by atoms with E-state index in [1.54, 1.807) is 31.2 Å². The molecule has 1 N–H and O–H groups in total. The number of halogens is 1. The highest BCUT2D eigenvalue weighted by Gasteiger charge is 2.20. The van der Waals surface area contributed by atoms with E-state index in [2.05, 4.69) is 21.2 Å². The Balaban J connectivity index is 1.72. The minimum absolute atomic E-state index is 0.378. The Kier molecular flexibility index (Phi) is 5.14. The topological polar surface area (TPSA) is 55.4 Å². The Morgan fingerprint density at radius 3 is 2.44 bits per heavy atom. The smallest absolute Gasteiger partial charge is 0.340 e. The number of hydrogen-bond acceptors (Lipinski definition) is 3. The largest absolute Gasteiger partial charge is 0.449 e. The number of carbonyl (C=O) groups is 2. The molecule has 0 bridgehead atoms. The van der Waals surface area contributed by atoms with E-state index in [4.69, 9.17) is 4.74 Å². The van der Waals surface area contributed by atoms with Crippen LogP contribution >= 0.6 is 15.9 Å². The summed E-state index contributed by atoms with van der Waals surface area (Å²) in [6, 6.07) is 20.4.